The fourth-order valence-electron chi connectivity index (χ4n) is 1.89. The highest BCUT2D eigenvalue weighted by atomic mass is 79.9. The van der Waals surface area contributed by atoms with Crippen LogP contribution in [0.3, 0.4) is 0 Å². The van der Waals surface area contributed by atoms with Gasteiger partial charge in [-0.3, -0.25) is 4.79 Å². The number of carbonyl (C=O) groups is 1. The van der Waals surface area contributed by atoms with Gasteiger partial charge in [0, 0.05) is 22.8 Å². The highest BCUT2D eigenvalue weighted by Gasteiger charge is 2.27. The summed E-state index contributed by atoms with van der Waals surface area (Å²) in [5.74, 6) is -0.00282. The van der Waals surface area contributed by atoms with Gasteiger partial charge < -0.3 is 9.88 Å². The molecule has 0 spiro atoms. The van der Waals surface area contributed by atoms with E-state index in [9.17, 15) is 4.79 Å². The van der Waals surface area contributed by atoms with Crippen LogP contribution in [-0.2, 0) is 0 Å². The third kappa shape index (κ3) is 3.00. The SMILES string of the molecule is C=CCC(C)NC(=O)c1cc(Br)cn1C1CC1. The third-order valence-corrected chi connectivity index (χ3v) is 3.32. The predicted octanol–water partition coefficient (Wildman–Crippen LogP) is 3.28. The Balaban J connectivity index is 2.10. The van der Waals surface area contributed by atoms with Gasteiger partial charge in [0.05, 0.1) is 0 Å². The van der Waals surface area contributed by atoms with Crippen LogP contribution in [0.1, 0.15) is 42.7 Å². The fourth-order valence-corrected chi connectivity index (χ4v) is 2.33. The summed E-state index contributed by atoms with van der Waals surface area (Å²) in [6.45, 7) is 5.66. The van der Waals surface area contributed by atoms with Crippen molar-refractivity contribution in [1.29, 1.82) is 0 Å². The summed E-state index contributed by atoms with van der Waals surface area (Å²) < 4.78 is 3.03. The van der Waals surface area contributed by atoms with E-state index in [-0.39, 0.29) is 11.9 Å². The van der Waals surface area contributed by atoms with E-state index in [0.29, 0.717) is 6.04 Å². The number of halogens is 1. The molecule has 0 aromatic carbocycles. The van der Waals surface area contributed by atoms with Crippen molar-refractivity contribution in [3.63, 3.8) is 0 Å². The molecule has 0 aliphatic heterocycles. The largest absolute Gasteiger partial charge is 0.348 e. The van der Waals surface area contributed by atoms with Crippen molar-refractivity contribution in [2.75, 3.05) is 0 Å². The van der Waals surface area contributed by atoms with E-state index in [1.165, 1.54) is 12.8 Å². The van der Waals surface area contributed by atoms with Crippen LogP contribution in [0.25, 0.3) is 0 Å². The quantitative estimate of drug-likeness (QED) is 0.831. The number of nitrogens with one attached hydrogen (secondary N) is 1. The van der Waals surface area contributed by atoms with Crippen molar-refractivity contribution < 1.29 is 4.79 Å². The van der Waals surface area contributed by atoms with Crippen molar-refractivity contribution in [3.05, 3.63) is 35.1 Å². The van der Waals surface area contributed by atoms with Crippen LogP contribution in [0, 0.1) is 0 Å². The molecule has 1 atom stereocenters. The first-order chi connectivity index (χ1) is 8.11. The van der Waals surface area contributed by atoms with Crippen LogP contribution >= 0.6 is 15.9 Å². The molecular formula is C13H17BrN2O. The van der Waals surface area contributed by atoms with Crippen molar-refractivity contribution in [1.82, 2.24) is 9.88 Å². The van der Waals surface area contributed by atoms with Gasteiger partial charge in [0.2, 0.25) is 0 Å². The minimum Gasteiger partial charge on any atom is -0.348 e. The van der Waals surface area contributed by atoms with Gasteiger partial charge in [-0.05, 0) is 48.2 Å². The molecule has 17 heavy (non-hydrogen) atoms. The van der Waals surface area contributed by atoms with Crippen LogP contribution in [-0.4, -0.2) is 16.5 Å². The maximum atomic E-state index is 12.1. The molecule has 2 rings (SSSR count). The highest BCUT2D eigenvalue weighted by Crippen LogP contribution is 2.37. The molecule has 1 amide bonds. The smallest absolute Gasteiger partial charge is 0.268 e. The fraction of sp³-hybridized carbons (Fsp3) is 0.462. The second-order valence-electron chi connectivity index (χ2n) is 4.58. The molecule has 1 heterocycles. The molecule has 4 heteroatoms. The lowest BCUT2D eigenvalue weighted by atomic mass is 10.2. The van der Waals surface area contributed by atoms with E-state index in [0.717, 1.165) is 16.6 Å². The lowest BCUT2D eigenvalue weighted by Crippen LogP contribution is -2.33. The van der Waals surface area contributed by atoms with E-state index in [2.05, 4.69) is 32.4 Å². The van der Waals surface area contributed by atoms with Gasteiger partial charge in [-0.25, -0.2) is 0 Å². The van der Waals surface area contributed by atoms with Crippen molar-refractivity contribution in [2.45, 2.75) is 38.3 Å². The van der Waals surface area contributed by atoms with Crippen LogP contribution in [0.15, 0.2) is 29.4 Å². The van der Waals surface area contributed by atoms with Gasteiger partial charge >= 0.3 is 0 Å². The Morgan fingerprint density at radius 2 is 2.47 bits per heavy atom. The second-order valence-corrected chi connectivity index (χ2v) is 5.50. The molecule has 1 N–H and O–H groups in total. The first kappa shape index (κ1) is 12.4. The van der Waals surface area contributed by atoms with Crippen molar-refractivity contribution in [3.8, 4) is 0 Å². The zero-order valence-corrected chi connectivity index (χ0v) is 11.5. The van der Waals surface area contributed by atoms with Gasteiger partial charge in [-0.1, -0.05) is 6.08 Å². The Morgan fingerprint density at radius 1 is 1.76 bits per heavy atom. The zero-order chi connectivity index (χ0) is 12.4. The monoisotopic (exact) mass is 296 g/mol. The van der Waals surface area contributed by atoms with E-state index < -0.39 is 0 Å². The summed E-state index contributed by atoms with van der Waals surface area (Å²) >= 11 is 3.43. The second kappa shape index (κ2) is 5.08. The highest BCUT2D eigenvalue weighted by molar-refractivity contribution is 9.10. The van der Waals surface area contributed by atoms with Crippen molar-refractivity contribution in [2.24, 2.45) is 0 Å². The number of aromatic nitrogens is 1. The van der Waals surface area contributed by atoms with Gasteiger partial charge in [0.1, 0.15) is 5.69 Å². The number of rotatable bonds is 5. The summed E-state index contributed by atoms with van der Waals surface area (Å²) in [5.41, 5.74) is 0.746. The average Bonchev–Trinajstić information content (AvgIpc) is 3.02. The Morgan fingerprint density at radius 3 is 3.06 bits per heavy atom. The Hall–Kier alpha value is -1.03. The molecule has 3 nitrogen and oxygen atoms in total. The van der Waals surface area contributed by atoms with Gasteiger partial charge in [0.25, 0.3) is 5.91 Å². The lowest BCUT2D eigenvalue weighted by Gasteiger charge is -2.13. The van der Waals surface area contributed by atoms with Crippen LogP contribution < -0.4 is 5.32 Å². The van der Waals surface area contributed by atoms with E-state index >= 15 is 0 Å². The topological polar surface area (TPSA) is 34.0 Å². The van der Waals surface area contributed by atoms with Crippen LogP contribution in [0.2, 0.25) is 0 Å². The maximum absolute atomic E-state index is 12.1. The molecule has 1 fully saturated rings. The van der Waals surface area contributed by atoms with Crippen LogP contribution in [0.4, 0.5) is 0 Å². The zero-order valence-electron chi connectivity index (χ0n) is 9.95. The molecule has 1 aliphatic carbocycles. The molecule has 92 valence electrons. The molecule has 1 unspecified atom stereocenters. The predicted molar refractivity (Wildman–Crippen MR) is 72.1 cm³/mol. The minimum absolute atomic E-state index is 0.00282. The summed E-state index contributed by atoms with van der Waals surface area (Å²) in [7, 11) is 0. The Labute approximate surface area is 110 Å². The summed E-state index contributed by atoms with van der Waals surface area (Å²) in [4.78, 5) is 12.1. The standard InChI is InChI=1S/C13H17BrN2O/c1-3-4-9(2)15-13(17)12-7-10(14)8-16(12)11-5-6-11/h3,7-9,11H,1,4-6H2,2H3,(H,15,17). The normalized spacial score (nSPS) is 16.6. The molecule has 1 aromatic rings. The number of hydrogen-bond donors (Lipinski definition) is 1. The van der Waals surface area contributed by atoms with E-state index in [1.807, 2.05) is 25.3 Å². The number of amides is 1. The number of nitrogens with zero attached hydrogens (tertiary/aromatic N) is 1. The molecule has 0 bridgehead atoms. The summed E-state index contributed by atoms with van der Waals surface area (Å²) in [6.07, 6.45) is 6.94. The maximum Gasteiger partial charge on any atom is 0.268 e. The molecule has 0 saturated heterocycles. The Kier molecular flexibility index (Phi) is 3.72. The summed E-state index contributed by atoms with van der Waals surface area (Å²) in [5, 5.41) is 2.98. The molecule has 0 radical (unpaired) electrons. The molecule has 1 saturated carbocycles. The minimum atomic E-state index is -0.00282. The molecular weight excluding hydrogens is 280 g/mol. The lowest BCUT2D eigenvalue weighted by molar-refractivity contribution is 0.0931. The van der Waals surface area contributed by atoms with E-state index in [1.54, 1.807) is 0 Å². The number of hydrogen-bond acceptors (Lipinski definition) is 1. The van der Waals surface area contributed by atoms with E-state index in [4.69, 9.17) is 0 Å². The molecule has 1 aliphatic rings. The van der Waals surface area contributed by atoms with Gasteiger partial charge in [0.15, 0.2) is 0 Å². The first-order valence-corrected chi connectivity index (χ1v) is 6.70. The van der Waals surface area contributed by atoms with Gasteiger partial charge in [-0.15, -0.1) is 6.58 Å². The van der Waals surface area contributed by atoms with Crippen LogP contribution in [0.5, 0.6) is 0 Å². The van der Waals surface area contributed by atoms with Crippen molar-refractivity contribution >= 4 is 21.8 Å². The Bertz CT molecular complexity index is 435. The first-order valence-electron chi connectivity index (χ1n) is 5.91. The van der Waals surface area contributed by atoms with Gasteiger partial charge in [-0.2, -0.15) is 0 Å². The number of carbonyl (C=O) groups excluding carboxylic acids is 1. The molecule has 1 aromatic heterocycles. The third-order valence-electron chi connectivity index (χ3n) is 2.89. The summed E-state index contributed by atoms with van der Waals surface area (Å²) in [6, 6.07) is 2.52. The average molecular weight is 297 g/mol.